The van der Waals surface area contributed by atoms with Crippen molar-refractivity contribution in [3.63, 3.8) is 0 Å². The Morgan fingerprint density at radius 3 is 1.77 bits per heavy atom. The molecule has 1 fully saturated rings. The zero-order chi connectivity index (χ0) is 10.5. The molecule has 0 N–H and O–H groups in total. The second-order valence-electron chi connectivity index (χ2n) is 6.05. The summed E-state index contributed by atoms with van der Waals surface area (Å²) in [6.07, 6.45) is 2.12. The number of rotatable bonds is 0. The first kappa shape index (κ1) is 11.0. The molecule has 1 rings (SSSR count). The van der Waals surface area contributed by atoms with E-state index in [2.05, 4.69) is 27.7 Å². The number of hydrogen-bond donors (Lipinski definition) is 0. The summed E-state index contributed by atoms with van der Waals surface area (Å²) in [7, 11) is 0. The second kappa shape index (κ2) is 2.71. The first-order valence-corrected chi connectivity index (χ1v) is 5.09. The Bertz CT molecular complexity index is 206. The van der Waals surface area contributed by atoms with Gasteiger partial charge in [0, 0.05) is 11.1 Å². The molecule has 77 valence electrons. The molecule has 2 heteroatoms. The minimum atomic E-state index is -0.255. The standard InChI is InChI=1S/C11H22NO/c1-9(2)7-8-10(3,4)12(13)11(9,5)6/h7-8H2,1-6H3. The van der Waals surface area contributed by atoms with Crippen LogP contribution in [0.2, 0.25) is 0 Å². The molecule has 0 saturated carbocycles. The molecule has 0 aromatic rings. The van der Waals surface area contributed by atoms with E-state index < -0.39 is 0 Å². The van der Waals surface area contributed by atoms with Gasteiger partial charge in [-0.2, -0.15) is 0 Å². The quantitative estimate of drug-likeness (QED) is 0.567. The van der Waals surface area contributed by atoms with Gasteiger partial charge in [-0.1, -0.05) is 13.8 Å². The molecule has 0 spiro atoms. The van der Waals surface area contributed by atoms with Crippen LogP contribution in [0.5, 0.6) is 0 Å². The molecule has 0 bridgehead atoms. The lowest BCUT2D eigenvalue weighted by atomic mass is 9.65. The van der Waals surface area contributed by atoms with E-state index in [9.17, 15) is 5.21 Å². The van der Waals surface area contributed by atoms with Crippen LogP contribution in [0.15, 0.2) is 0 Å². The maximum Gasteiger partial charge on any atom is 0.0494 e. The van der Waals surface area contributed by atoms with Gasteiger partial charge in [0.2, 0.25) is 0 Å². The zero-order valence-corrected chi connectivity index (χ0v) is 9.77. The van der Waals surface area contributed by atoms with Crippen molar-refractivity contribution in [3.05, 3.63) is 0 Å². The predicted octanol–water partition coefficient (Wildman–Crippen LogP) is 3.01. The molecule has 0 unspecified atom stereocenters. The van der Waals surface area contributed by atoms with E-state index in [4.69, 9.17) is 0 Å². The fraction of sp³-hybridized carbons (Fsp3) is 1.00. The minimum Gasteiger partial charge on any atom is -0.143 e. The lowest BCUT2D eigenvalue weighted by molar-refractivity contribution is -0.315. The van der Waals surface area contributed by atoms with Crippen LogP contribution in [0.4, 0.5) is 0 Å². The molecule has 1 aliphatic rings. The van der Waals surface area contributed by atoms with Gasteiger partial charge in [0.15, 0.2) is 0 Å². The van der Waals surface area contributed by atoms with Crippen molar-refractivity contribution in [1.82, 2.24) is 5.06 Å². The predicted molar refractivity (Wildman–Crippen MR) is 53.7 cm³/mol. The van der Waals surface area contributed by atoms with Gasteiger partial charge in [0.25, 0.3) is 0 Å². The Labute approximate surface area is 81.9 Å². The summed E-state index contributed by atoms with van der Waals surface area (Å²) in [5.74, 6) is 0. The van der Waals surface area contributed by atoms with Gasteiger partial charge in [0.1, 0.15) is 0 Å². The summed E-state index contributed by atoms with van der Waals surface area (Å²) >= 11 is 0. The molecule has 1 aliphatic heterocycles. The molecule has 1 radical (unpaired) electrons. The van der Waals surface area contributed by atoms with Crippen LogP contribution in [0.1, 0.15) is 54.4 Å². The average Bonchev–Trinajstić information content (AvgIpc) is 1.97. The van der Waals surface area contributed by atoms with E-state index in [-0.39, 0.29) is 16.5 Å². The van der Waals surface area contributed by atoms with Crippen LogP contribution in [-0.4, -0.2) is 16.1 Å². The lowest BCUT2D eigenvalue weighted by Gasteiger charge is -2.55. The van der Waals surface area contributed by atoms with Crippen LogP contribution in [-0.2, 0) is 5.21 Å². The molecule has 0 atom stereocenters. The molecule has 0 aromatic heterocycles. The van der Waals surface area contributed by atoms with E-state index in [0.29, 0.717) is 0 Å². The van der Waals surface area contributed by atoms with Gasteiger partial charge in [-0.25, -0.2) is 0 Å². The molecule has 0 aliphatic carbocycles. The number of nitrogens with zero attached hydrogens (tertiary/aromatic N) is 1. The molecule has 1 heterocycles. The smallest absolute Gasteiger partial charge is 0.0494 e. The van der Waals surface area contributed by atoms with E-state index >= 15 is 0 Å². The highest BCUT2D eigenvalue weighted by molar-refractivity contribution is 5.02. The van der Waals surface area contributed by atoms with Gasteiger partial charge >= 0.3 is 0 Å². The summed E-state index contributed by atoms with van der Waals surface area (Å²) in [6.45, 7) is 12.6. The van der Waals surface area contributed by atoms with Crippen molar-refractivity contribution >= 4 is 0 Å². The Hall–Kier alpha value is -0.0800. The van der Waals surface area contributed by atoms with Crippen molar-refractivity contribution in [2.75, 3.05) is 0 Å². The monoisotopic (exact) mass is 184 g/mol. The topological polar surface area (TPSA) is 23.1 Å². The maximum atomic E-state index is 12.1. The SMILES string of the molecule is CC1(C)CCC(C)(C)C(C)(C)N1[O]. The Morgan fingerprint density at radius 2 is 1.38 bits per heavy atom. The summed E-state index contributed by atoms with van der Waals surface area (Å²) < 4.78 is 0. The third-order valence-electron chi connectivity index (χ3n) is 4.08. The van der Waals surface area contributed by atoms with Gasteiger partial charge < -0.3 is 0 Å². The largest absolute Gasteiger partial charge is 0.143 e. The van der Waals surface area contributed by atoms with Crippen LogP contribution >= 0.6 is 0 Å². The molecule has 1 saturated heterocycles. The normalized spacial score (nSPS) is 31.6. The molecular formula is C11H22NO. The zero-order valence-electron chi connectivity index (χ0n) is 9.77. The Balaban J connectivity index is 3.00. The minimum absolute atomic E-state index is 0.115. The van der Waals surface area contributed by atoms with Crippen LogP contribution < -0.4 is 0 Å². The summed E-state index contributed by atoms with van der Waals surface area (Å²) in [6, 6.07) is 0. The number of hydroxylamine groups is 2. The van der Waals surface area contributed by atoms with E-state index in [1.54, 1.807) is 0 Å². The second-order valence-corrected chi connectivity index (χ2v) is 6.05. The van der Waals surface area contributed by atoms with Gasteiger partial charge in [-0.3, -0.25) is 0 Å². The van der Waals surface area contributed by atoms with Crippen LogP contribution in [0.25, 0.3) is 0 Å². The number of piperidine rings is 1. The van der Waals surface area contributed by atoms with Crippen molar-refractivity contribution in [2.24, 2.45) is 5.41 Å². The highest BCUT2D eigenvalue weighted by Gasteiger charge is 2.52. The van der Waals surface area contributed by atoms with Crippen molar-refractivity contribution < 1.29 is 5.21 Å². The lowest BCUT2D eigenvalue weighted by Crippen LogP contribution is -2.63. The van der Waals surface area contributed by atoms with Crippen molar-refractivity contribution in [1.29, 1.82) is 0 Å². The third-order valence-corrected chi connectivity index (χ3v) is 4.08. The maximum absolute atomic E-state index is 12.1. The van der Waals surface area contributed by atoms with Crippen molar-refractivity contribution in [2.45, 2.75) is 65.5 Å². The summed E-state index contributed by atoms with van der Waals surface area (Å²) in [5.41, 5.74) is -0.335. The summed E-state index contributed by atoms with van der Waals surface area (Å²) in [4.78, 5) is 0. The molecule has 0 amide bonds. The Kier molecular flexibility index (Phi) is 2.29. The number of hydrogen-bond acceptors (Lipinski definition) is 1. The molecule has 0 aromatic carbocycles. The summed E-state index contributed by atoms with van der Waals surface area (Å²) in [5, 5.41) is 13.4. The highest BCUT2D eigenvalue weighted by Crippen LogP contribution is 2.48. The van der Waals surface area contributed by atoms with Crippen LogP contribution in [0, 0.1) is 5.41 Å². The molecular weight excluding hydrogens is 162 g/mol. The molecule has 13 heavy (non-hydrogen) atoms. The Morgan fingerprint density at radius 1 is 0.923 bits per heavy atom. The average molecular weight is 184 g/mol. The van der Waals surface area contributed by atoms with E-state index in [1.165, 1.54) is 5.06 Å². The van der Waals surface area contributed by atoms with E-state index in [0.717, 1.165) is 12.8 Å². The van der Waals surface area contributed by atoms with Gasteiger partial charge in [-0.05, 0) is 46.0 Å². The first-order chi connectivity index (χ1) is 5.61. The fourth-order valence-electron chi connectivity index (χ4n) is 2.06. The van der Waals surface area contributed by atoms with Crippen molar-refractivity contribution in [3.8, 4) is 0 Å². The van der Waals surface area contributed by atoms with Gasteiger partial charge in [0.05, 0.1) is 0 Å². The first-order valence-electron chi connectivity index (χ1n) is 5.09. The fourth-order valence-corrected chi connectivity index (χ4v) is 2.06. The third kappa shape index (κ3) is 1.50. The molecule has 2 nitrogen and oxygen atoms in total. The van der Waals surface area contributed by atoms with E-state index in [1.807, 2.05) is 13.8 Å². The van der Waals surface area contributed by atoms with Crippen LogP contribution in [0.3, 0.4) is 0 Å². The van der Waals surface area contributed by atoms with Gasteiger partial charge in [-0.15, -0.1) is 10.3 Å². The highest BCUT2D eigenvalue weighted by atomic mass is 16.5.